The van der Waals surface area contributed by atoms with Gasteiger partial charge in [-0.2, -0.15) is 4.98 Å². The van der Waals surface area contributed by atoms with Crippen LogP contribution in [0.25, 0.3) is 0 Å². The smallest absolute Gasteiger partial charge is 0.240 e. The highest BCUT2D eigenvalue weighted by molar-refractivity contribution is 5.82. The molecule has 0 radical (unpaired) electrons. The van der Waals surface area contributed by atoms with Gasteiger partial charge in [0.1, 0.15) is 0 Å². The Labute approximate surface area is 118 Å². The summed E-state index contributed by atoms with van der Waals surface area (Å²) in [5.41, 5.74) is 0. The molecule has 7 heteroatoms. The zero-order valence-corrected chi connectivity index (χ0v) is 11.8. The van der Waals surface area contributed by atoms with Crippen molar-refractivity contribution in [2.75, 3.05) is 32.7 Å². The van der Waals surface area contributed by atoms with Gasteiger partial charge in [-0.15, -0.1) is 0 Å². The van der Waals surface area contributed by atoms with Gasteiger partial charge in [0.25, 0.3) is 0 Å². The molecular formula is C13H21N5O2. The second kappa shape index (κ2) is 5.88. The molecule has 2 fully saturated rings. The molecule has 0 saturated carbocycles. The summed E-state index contributed by atoms with van der Waals surface area (Å²) < 4.78 is 5.13. The van der Waals surface area contributed by atoms with Crippen LogP contribution in [0.1, 0.15) is 24.6 Å². The molecule has 3 heterocycles. The molecule has 1 atom stereocenters. The van der Waals surface area contributed by atoms with Crippen LogP contribution < -0.4 is 5.32 Å². The summed E-state index contributed by atoms with van der Waals surface area (Å²) in [7, 11) is 0. The van der Waals surface area contributed by atoms with E-state index in [0.717, 1.165) is 45.6 Å². The second-order valence-electron chi connectivity index (χ2n) is 5.49. The number of carbonyl (C=O) groups excluding carboxylic acids is 1. The maximum absolute atomic E-state index is 12.3. The maximum Gasteiger partial charge on any atom is 0.240 e. The van der Waals surface area contributed by atoms with Crippen LogP contribution in [0.5, 0.6) is 0 Å². The monoisotopic (exact) mass is 279 g/mol. The topological polar surface area (TPSA) is 74.5 Å². The lowest BCUT2D eigenvalue weighted by molar-refractivity contribution is -0.134. The summed E-state index contributed by atoms with van der Waals surface area (Å²) in [4.78, 5) is 20.7. The number of rotatable bonds is 3. The van der Waals surface area contributed by atoms with Gasteiger partial charge in [0.05, 0.1) is 12.6 Å². The first-order valence-electron chi connectivity index (χ1n) is 7.26. The van der Waals surface area contributed by atoms with Crippen molar-refractivity contribution in [3.05, 3.63) is 11.7 Å². The summed E-state index contributed by atoms with van der Waals surface area (Å²) in [5.74, 6) is 1.58. The first kappa shape index (κ1) is 13.5. The van der Waals surface area contributed by atoms with Gasteiger partial charge in [0.2, 0.25) is 11.8 Å². The second-order valence-corrected chi connectivity index (χ2v) is 5.49. The van der Waals surface area contributed by atoms with Crippen molar-refractivity contribution >= 4 is 5.91 Å². The number of amides is 1. The number of aryl methyl sites for hydroxylation is 1. The average Bonchev–Trinajstić information content (AvgIpc) is 3.11. The summed E-state index contributed by atoms with van der Waals surface area (Å²) in [6.07, 6.45) is 2.08. The molecule has 2 saturated heterocycles. The summed E-state index contributed by atoms with van der Waals surface area (Å²) in [6.45, 7) is 6.74. The first-order valence-corrected chi connectivity index (χ1v) is 7.26. The van der Waals surface area contributed by atoms with E-state index in [0.29, 0.717) is 18.3 Å². The summed E-state index contributed by atoms with van der Waals surface area (Å²) in [5, 5.41) is 7.06. The van der Waals surface area contributed by atoms with Gasteiger partial charge in [-0.25, -0.2) is 0 Å². The van der Waals surface area contributed by atoms with Crippen molar-refractivity contribution in [3.8, 4) is 0 Å². The number of nitrogens with zero attached hydrogens (tertiary/aromatic N) is 4. The lowest BCUT2D eigenvalue weighted by Gasteiger charge is -2.35. The number of hydrogen-bond donors (Lipinski definition) is 1. The first-order chi connectivity index (χ1) is 9.72. The fourth-order valence-electron chi connectivity index (χ4n) is 2.84. The Morgan fingerprint density at radius 2 is 2.20 bits per heavy atom. The highest BCUT2D eigenvalue weighted by atomic mass is 16.5. The van der Waals surface area contributed by atoms with E-state index in [9.17, 15) is 4.79 Å². The predicted octanol–water partition coefficient (Wildman–Crippen LogP) is -0.226. The van der Waals surface area contributed by atoms with E-state index >= 15 is 0 Å². The van der Waals surface area contributed by atoms with Crippen LogP contribution in [0.15, 0.2) is 4.52 Å². The van der Waals surface area contributed by atoms with Gasteiger partial charge in [0.15, 0.2) is 5.82 Å². The Morgan fingerprint density at radius 1 is 1.40 bits per heavy atom. The van der Waals surface area contributed by atoms with Crippen LogP contribution in [-0.2, 0) is 11.3 Å². The zero-order chi connectivity index (χ0) is 13.9. The number of carbonyl (C=O) groups is 1. The largest absolute Gasteiger partial charge is 0.339 e. The Balaban J connectivity index is 1.48. The van der Waals surface area contributed by atoms with Crippen LogP contribution in [0.3, 0.4) is 0 Å². The molecule has 1 N–H and O–H groups in total. The van der Waals surface area contributed by atoms with Crippen molar-refractivity contribution in [1.29, 1.82) is 0 Å². The molecule has 20 heavy (non-hydrogen) atoms. The minimum atomic E-state index is 0.0418. The van der Waals surface area contributed by atoms with Gasteiger partial charge in [0, 0.05) is 26.2 Å². The van der Waals surface area contributed by atoms with Crippen LogP contribution in [0.4, 0.5) is 0 Å². The summed E-state index contributed by atoms with van der Waals surface area (Å²) >= 11 is 0. The fourth-order valence-corrected chi connectivity index (χ4v) is 2.84. The molecule has 0 aliphatic carbocycles. The molecule has 1 amide bonds. The lowest BCUT2D eigenvalue weighted by Crippen LogP contribution is -2.52. The van der Waals surface area contributed by atoms with Gasteiger partial charge < -0.3 is 14.7 Å². The molecule has 1 aromatic heterocycles. The molecule has 110 valence electrons. The van der Waals surface area contributed by atoms with Crippen molar-refractivity contribution < 1.29 is 9.32 Å². The third-order valence-corrected chi connectivity index (χ3v) is 3.97. The number of aromatic nitrogens is 2. The molecule has 7 nitrogen and oxygen atoms in total. The standard InChI is InChI=1S/C13H21N5O2/c1-10-15-12(20-16-10)9-17-5-7-18(8-6-17)13(19)11-3-2-4-14-11/h11,14H,2-9H2,1H3. The van der Waals surface area contributed by atoms with Gasteiger partial charge >= 0.3 is 0 Å². The molecule has 1 unspecified atom stereocenters. The SMILES string of the molecule is Cc1noc(CN2CCN(C(=O)C3CCCN3)CC2)n1. The zero-order valence-electron chi connectivity index (χ0n) is 11.8. The third-order valence-electron chi connectivity index (χ3n) is 3.97. The number of nitrogens with one attached hydrogen (secondary N) is 1. The number of hydrogen-bond acceptors (Lipinski definition) is 6. The van der Waals surface area contributed by atoms with E-state index in [4.69, 9.17) is 4.52 Å². The third kappa shape index (κ3) is 2.99. The van der Waals surface area contributed by atoms with Crippen molar-refractivity contribution in [2.24, 2.45) is 0 Å². The Hall–Kier alpha value is -1.47. The van der Waals surface area contributed by atoms with Crippen LogP contribution >= 0.6 is 0 Å². The fraction of sp³-hybridized carbons (Fsp3) is 0.769. The molecule has 3 rings (SSSR count). The molecule has 0 aromatic carbocycles. The quantitative estimate of drug-likeness (QED) is 0.824. The normalized spacial score (nSPS) is 24.2. The number of piperazine rings is 1. The predicted molar refractivity (Wildman–Crippen MR) is 71.9 cm³/mol. The average molecular weight is 279 g/mol. The molecule has 0 spiro atoms. The minimum Gasteiger partial charge on any atom is -0.339 e. The highest BCUT2D eigenvalue weighted by Gasteiger charge is 2.29. The Morgan fingerprint density at radius 3 is 2.80 bits per heavy atom. The van der Waals surface area contributed by atoms with Crippen molar-refractivity contribution in [3.63, 3.8) is 0 Å². The van der Waals surface area contributed by atoms with E-state index < -0.39 is 0 Å². The van der Waals surface area contributed by atoms with E-state index in [1.165, 1.54) is 0 Å². The van der Waals surface area contributed by atoms with Crippen LogP contribution in [0.2, 0.25) is 0 Å². The van der Waals surface area contributed by atoms with Crippen LogP contribution in [-0.4, -0.2) is 64.6 Å². The summed E-state index contributed by atoms with van der Waals surface area (Å²) in [6, 6.07) is 0.0418. The Kier molecular flexibility index (Phi) is 3.98. The van der Waals surface area contributed by atoms with Gasteiger partial charge in [-0.3, -0.25) is 9.69 Å². The van der Waals surface area contributed by atoms with E-state index in [1.54, 1.807) is 0 Å². The van der Waals surface area contributed by atoms with E-state index in [-0.39, 0.29) is 11.9 Å². The van der Waals surface area contributed by atoms with Gasteiger partial charge in [-0.05, 0) is 26.3 Å². The molecular weight excluding hydrogens is 258 g/mol. The van der Waals surface area contributed by atoms with E-state index in [1.807, 2.05) is 11.8 Å². The Bertz CT molecular complexity index is 461. The molecule has 2 aliphatic rings. The molecule has 2 aliphatic heterocycles. The molecule has 1 aromatic rings. The van der Waals surface area contributed by atoms with Crippen LogP contribution in [0, 0.1) is 6.92 Å². The maximum atomic E-state index is 12.3. The minimum absolute atomic E-state index is 0.0418. The molecule has 0 bridgehead atoms. The highest BCUT2D eigenvalue weighted by Crippen LogP contribution is 2.12. The van der Waals surface area contributed by atoms with Crippen molar-refractivity contribution in [1.82, 2.24) is 25.3 Å². The lowest BCUT2D eigenvalue weighted by atomic mass is 10.2. The van der Waals surface area contributed by atoms with Crippen molar-refractivity contribution in [2.45, 2.75) is 32.4 Å². The van der Waals surface area contributed by atoms with Gasteiger partial charge in [-0.1, -0.05) is 5.16 Å². The van der Waals surface area contributed by atoms with E-state index in [2.05, 4.69) is 20.4 Å².